The highest BCUT2D eigenvalue weighted by atomic mass is 14.9. The molecule has 0 aliphatic rings. The first-order valence-corrected chi connectivity index (χ1v) is 15.0. The highest BCUT2D eigenvalue weighted by molar-refractivity contribution is 6.24. The summed E-state index contributed by atoms with van der Waals surface area (Å²) in [6, 6.07) is 51.6. The van der Waals surface area contributed by atoms with Crippen LogP contribution in [-0.2, 0) is 0 Å². The molecule has 9 aromatic rings. The normalized spacial score (nSPS) is 11.8. The van der Waals surface area contributed by atoms with Crippen molar-refractivity contribution in [1.82, 2.24) is 14.4 Å². The van der Waals surface area contributed by atoms with E-state index in [2.05, 4.69) is 145 Å². The van der Waals surface area contributed by atoms with Crippen LogP contribution in [0.4, 0.5) is 0 Å². The quantitative estimate of drug-likeness (QED) is 0.214. The van der Waals surface area contributed by atoms with E-state index >= 15 is 0 Å². The molecule has 0 saturated heterocycles. The van der Waals surface area contributed by atoms with Crippen molar-refractivity contribution in [3.05, 3.63) is 151 Å². The molecule has 0 aliphatic heterocycles. The number of hydrogen-bond acceptors (Lipinski definition) is 2. The maximum Gasteiger partial charge on any atom is 0.160 e. The summed E-state index contributed by atoms with van der Waals surface area (Å²) in [5.74, 6) is 0.728. The van der Waals surface area contributed by atoms with Crippen LogP contribution < -0.4 is 0 Å². The van der Waals surface area contributed by atoms with Crippen LogP contribution in [-0.4, -0.2) is 14.4 Å². The second kappa shape index (κ2) is 9.62. The topological polar surface area (TPSA) is 30.2 Å². The van der Waals surface area contributed by atoms with Gasteiger partial charge in [0.05, 0.1) is 27.9 Å². The van der Waals surface area contributed by atoms with Crippen LogP contribution in [0, 0.1) is 6.92 Å². The summed E-state index contributed by atoms with van der Waals surface area (Å²) < 4.78 is 2.43. The lowest BCUT2D eigenvalue weighted by atomic mass is 9.95. The van der Waals surface area contributed by atoms with E-state index in [1.165, 1.54) is 54.8 Å². The van der Waals surface area contributed by atoms with Gasteiger partial charge in [0.15, 0.2) is 5.82 Å². The Morgan fingerprint density at radius 1 is 0.432 bits per heavy atom. The van der Waals surface area contributed by atoms with Crippen LogP contribution in [0.2, 0.25) is 0 Å². The summed E-state index contributed by atoms with van der Waals surface area (Å²) >= 11 is 0. The fourth-order valence-electron chi connectivity index (χ4n) is 6.82. The van der Waals surface area contributed by atoms with Crippen LogP contribution in [0.15, 0.2) is 146 Å². The molecule has 0 spiro atoms. The van der Waals surface area contributed by atoms with Crippen molar-refractivity contribution >= 4 is 38.1 Å². The molecule has 44 heavy (non-hydrogen) atoms. The van der Waals surface area contributed by atoms with Crippen molar-refractivity contribution in [1.29, 1.82) is 0 Å². The summed E-state index contributed by atoms with van der Waals surface area (Å²) in [5.41, 5.74) is 12.4. The lowest BCUT2D eigenvalue weighted by molar-refractivity contribution is 1.18. The van der Waals surface area contributed by atoms with Crippen molar-refractivity contribution in [3.63, 3.8) is 0 Å². The number of aromatic nitrogens is 3. The summed E-state index contributed by atoms with van der Waals surface area (Å²) in [7, 11) is 0. The molecular formula is C41H27N3. The van der Waals surface area contributed by atoms with Crippen LogP contribution >= 0.6 is 0 Å². The number of fused-ring (bicyclic) bond motifs is 6. The third kappa shape index (κ3) is 3.76. The molecule has 0 fully saturated rings. The highest BCUT2D eigenvalue weighted by Crippen LogP contribution is 2.42. The highest BCUT2D eigenvalue weighted by Gasteiger charge is 2.19. The number of para-hydroxylation sites is 2. The van der Waals surface area contributed by atoms with Crippen molar-refractivity contribution in [2.45, 2.75) is 6.92 Å². The van der Waals surface area contributed by atoms with E-state index in [4.69, 9.17) is 9.97 Å². The van der Waals surface area contributed by atoms with Gasteiger partial charge in [-0.1, -0.05) is 109 Å². The van der Waals surface area contributed by atoms with E-state index in [0.29, 0.717) is 0 Å². The van der Waals surface area contributed by atoms with Gasteiger partial charge in [0.25, 0.3) is 0 Å². The molecule has 3 heterocycles. The second-order valence-electron chi connectivity index (χ2n) is 11.5. The molecule has 0 N–H and O–H groups in total. The molecule has 0 amide bonds. The van der Waals surface area contributed by atoms with E-state index < -0.39 is 0 Å². The second-order valence-corrected chi connectivity index (χ2v) is 11.5. The predicted octanol–water partition coefficient (Wildman–Crippen LogP) is 10.6. The maximum atomic E-state index is 5.06. The standard InChI is InChI=1S/C41H27N3/c1-26-22-29(41-42-36(27-12-4-2-5-13-27)25-37(43-41)28-14-6-3-7-15-28)20-21-31(26)30-23-34-32-16-8-10-18-38(32)44-39-19-11-9-17-33(39)35(24-30)40(34)44/h2-25H,1H3. The first kappa shape index (κ1) is 24.8. The third-order valence-electron chi connectivity index (χ3n) is 8.86. The minimum Gasteiger partial charge on any atom is -0.308 e. The lowest BCUT2D eigenvalue weighted by Gasteiger charge is -2.12. The van der Waals surface area contributed by atoms with Crippen LogP contribution in [0.25, 0.3) is 83.1 Å². The maximum absolute atomic E-state index is 5.06. The molecule has 0 bridgehead atoms. The minimum absolute atomic E-state index is 0.728. The van der Waals surface area contributed by atoms with Gasteiger partial charge in [-0.05, 0) is 60.0 Å². The molecule has 3 nitrogen and oxygen atoms in total. The molecule has 206 valence electrons. The SMILES string of the molecule is Cc1cc(-c2nc(-c3ccccc3)cc(-c3ccccc3)n2)ccc1-c1cc2c3ccccc3n3c4ccccc4c(c1)c23. The van der Waals surface area contributed by atoms with E-state index in [9.17, 15) is 0 Å². The minimum atomic E-state index is 0.728. The smallest absolute Gasteiger partial charge is 0.160 e. The molecule has 0 atom stereocenters. The monoisotopic (exact) mass is 561 g/mol. The first-order valence-electron chi connectivity index (χ1n) is 15.0. The number of nitrogens with zero attached hydrogens (tertiary/aromatic N) is 3. The fraction of sp³-hybridized carbons (Fsp3) is 0.0244. The number of benzene rings is 6. The van der Waals surface area contributed by atoms with Crippen LogP contribution in [0.1, 0.15) is 5.56 Å². The molecule has 0 aliphatic carbocycles. The van der Waals surface area contributed by atoms with Crippen molar-refractivity contribution in [2.24, 2.45) is 0 Å². The zero-order chi connectivity index (χ0) is 29.2. The zero-order valence-electron chi connectivity index (χ0n) is 24.2. The molecule has 0 radical (unpaired) electrons. The Hall–Kier alpha value is -5.80. The summed E-state index contributed by atoms with van der Waals surface area (Å²) in [6.07, 6.45) is 0. The molecule has 0 unspecified atom stereocenters. The van der Waals surface area contributed by atoms with Gasteiger partial charge in [0.1, 0.15) is 0 Å². The summed E-state index contributed by atoms with van der Waals surface area (Å²) in [4.78, 5) is 10.1. The van der Waals surface area contributed by atoms with Crippen molar-refractivity contribution in [2.75, 3.05) is 0 Å². The van der Waals surface area contributed by atoms with E-state index in [-0.39, 0.29) is 0 Å². The zero-order valence-corrected chi connectivity index (χ0v) is 24.2. The Bertz CT molecular complexity index is 2350. The van der Waals surface area contributed by atoms with Crippen molar-refractivity contribution < 1.29 is 0 Å². The fourth-order valence-corrected chi connectivity index (χ4v) is 6.82. The molecule has 3 heteroatoms. The largest absolute Gasteiger partial charge is 0.308 e. The van der Waals surface area contributed by atoms with Crippen LogP contribution in [0.5, 0.6) is 0 Å². The van der Waals surface area contributed by atoms with Gasteiger partial charge in [-0.3, -0.25) is 0 Å². The molecule has 9 rings (SSSR count). The van der Waals surface area contributed by atoms with E-state index in [1.54, 1.807) is 0 Å². The van der Waals surface area contributed by atoms with Gasteiger partial charge in [-0.2, -0.15) is 0 Å². The Labute approximate surface area is 255 Å². The van der Waals surface area contributed by atoms with Gasteiger partial charge < -0.3 is 4.40 Å². The molecule has 6 aromatic carbocycles. The molecule has 0 saturated carbocycles. The number of hydrogen-bond donors (Lipinski definition) is 0. The van der Waals surface area contributed by atoms with Gasteiger partial charge in [0, 0.05) is 38.2 Å². The summed E-state index contributed by atoms with van der Waals surface area (Å²) in [5, 5.41) is 5.15. The lowest BCUT2D eigenvalue weighted by Crippen LogP contribution is -1.96. The molecule has 3 aromatic heterocycles. The Morgan fingerprint density at radius 2 is 0.955 bits per heavy atom. The third-order valence-corrected chi connectivity index (χ3v) is 8.86. The first-order chi connectivity index (χ1) is 21.7. The van der Waals surface area contributed by atoms with Crippen LogP contribution in [0.3, 0.4) is 0 Å². The van der Waals surface area contributed by atoms with Crippen molar-refractivity contribution in [3.8, 4) is 45.0 Å². The Balaban J connectivity index is 1.22. The van der Waals surface area contributed by atoms with E-state index in [1.807, 2.05) is 12.1 Å². The summed E-state index contributed by atoms with van der Waals surface area (Å²) in [6.45, 7) is 2.19. The van der Waals surface area contributed by atoms with Gasteiger partial charge in [-0.25, -0.2) is 9.97 Å². The van der Waals surface area contributed by atoms with E-state index in [0.717, 1.165) is 33.9 Å². The number of rotatable bonds is 4. The Kier molecular flexibility index (Phi) is 5.41. The average molecular weight is 562 g/mol. The molecular weight excluding hydrogens is 534 g/mol. The number of aryl methyl sites for hydroxylation is 1. The predicted molar refractivity (Wildman–Crippen MR) is 183 cm³/mol. The van der Waals surface area contributed by atoms with Gasteiger partial charge >= 0.3 is 0 Å². The van der Waals surface area contributed by atoms with Gasteiger partial charge in [-0.15, -0.1) is 0 Å². The average Bonchev–Trinajstić information content (AvgIpc) is 3.60. The Morgan fingerprint density at radius 3 is 1.50 bits per heavy atom. The van der Waals surface area contributed by atoms with Gasteiger partial charge in [0.2, 0.25) is 0 Å².